The average Bonchev–Trinajstić information content (AvgIpc) is 3.52. The van der Waals surface area contributed by atoms with Gasteiger partial charge < -0.3 is 15.5 Å². The number of rotatable bonds is 5. The van der Waals surface area contributed by atoms with E-state index in [4.69, 9.17) is 5.73 Å². The van der Waals surface area contributed by atoms with Crippen LogP contribution in [-0.2, 0) is 11.2 Å². The summed E-state index contributed by atoms with van der Waals surface area (Å²) in [5.41, 5.74) is 9.66. The molecule has 166 valence electrons. The number of piperidine rings is 1. The highest BCUT2D eigenvalue weighted by atomic mass is 19.1. The minimum atomic E-state index is -0.178. The second-order valence-electron chi connectivity index (χ2n) is 9.01. The minimum absolute atomic E-state index is 0.0836. The number of nitrogens with two attached hydrogens (primary N) is 1. The number of carbonyl (C=O) groups is 1. The van der Waals surface area contributed by atoms with Gasteiger partial charge in [-0.05, 0) is 73.9 Å². The van der Waals surface area contributed by atoms with E-state index in [-0.39, 0.29) is 17.6 Å². The number of hydrogen-bond acceptors (Lipinski definition) is 3. The molecule has 4 nitrogen and oxygen atoms in total. The molecule has 1 unspecified atom stereocenters. The summed E-state index contributed by atoms with van der Waals surface area (Å²) in [5.74, 6) is 0.0589. The van der Waals surface area contributed by atoms with Crippen molar-refractivity contribution in [3.63, 3.8) is 0 Å². The Labute approximate surface area is 185 Å². The van der Waals surface area contributed by atoms with Gasteiger partial charge in [0.1, 0.15) is 5.82 Å². The SMILES string of the molecule is CCN1CCC(N2CCc3ccc(C(C(N)=O)C4CC4)cc32)CC1.Fc1ccccc1. The topological polar surface area (TPSA) is 49.6 Å². The number of halogens is 1. The molecule has 0 radical (unpaired) electrons. The number of fused-ring (bicyclic) bond motifs is 1. The number of primary amides is 1. The molecule has 2 fully saturated rings. The van der Waals surface area contributed by atoms with Crippen molar-refractivity contribution in [2.75, 3.05) is 31.1 Å². The molecule has 0 bridgehead atoms. The second-order valence-corrected chi connectivity index (χ2v) is 9.01. The molecule has 5 rings (SSSR count). The Morgan fingerprint density at radius 3 is 2.32 bits per heavy atom. The molecule has 2 aromatic rings. The lowest BCUT2D eigenvalue weighted by molar-refractivity contribution is -0.119. The van der Waals surface area contributed by atoms with Gasteiger partial charge in [0, 0.05) is 31.4 Å². The zero-order valence-corrected chi connectivity index (χ0v) is 18.5. The van der Waals surface area contributed by atoms with Crippen molar-refractivity contribution >= 4 is 11.6 Å². The van der Waals surface area contributed by atoms with Crippen molar-refractivity contribution < 1.29 is 9.18 Å². The standard InChI is InChI=1S/C20H29N3O.C6H5F/c1-2-22-10-8-17(9-11-22)23-12-7-14-3-6-16(13-18(14)23)19(20(21)24)15-4-5-15;7-6-4-2-1-3-5-6/h3,6,13,15,17,19H,2,4-5,7-12H2,1H3,(H2,21,24);1-5H. The quantitative estimate of drug-likeness (QED) is 0.778. The maximum atomic E-state index is 11.9. The Kier molecular flexibility index (Phi) is 6.91. The third-order valence-electron chi connectivity index (χ3n) is 6.98. The lowest BCUT2D eigenvalue weighted by Gasteiger charge is -2.38. The number of nitrogens with zero attached hydrogens (tertiary/aromatic N) is 2. The fourth-order valence-electron chi connectivity index (χ4n) is 5.05. The molecule has 2 aromatic carbocycles. The molecule has 31 heavy (non-hydrogen) atoms. The number of hydrogen-bond donors (Lipinski definition) is 1. The fraction of sp³-hybridized carbons (Fsp3) is 0.500. The minimum Gasteiger partial charge on any atom is -0.369 e. The molecule has 2 heterocycles. The molecule has 0 spiro atoms. The Bertz CT molecular complexity index is 875. The molecule has 2 aliphatic heterocycles. The molecule has 1 saturated carbocycles. The largest absolute Gasteiger partial charge is 0.369 e. The predicted molar refractivity (Wildman–Crippen MR) is 124 cm³/mol. The van der Waals surface area contributed by atoms with Crippen molar-refractivity contribution in [2.24, 2.45) is 11.7 Å². The summed E-state index contributed by atoms with van der Waals surface area (Å²) >= 11 is 0. The molecular weight excluding hydrogens is 389 g/mol. The number of amides is 1. The van der Waals surface area contributed by atoms with Crippen LogP contribution < -0.4 is 10.6 Å². The summed E-state index contributed by atoms with van der Waals surface area (Å²) in [5, 5.41) is 0. The average molecular weight is 424 g/mol. The summed E-state index contributed by atoms with van der Waals surface area (Å²) in [6, 6.07) is 15.3. The molecule has 1 saturated heterocycles. The van der Waals surface area contributed by atoms with Gasteiger partial charge >= 0.3 is 0 Å². The van der Waals surface area contributed by atoms with Crippen LogP contribution in [0.15, 0.2) is 48.5 Å². The van der Waals surface area contributed by atoms with Crippen LogP contribution in [0.5, 0.6) is 0 Å². The fourth-order valence-corrected chi connectivity index (χ4v) is 5.05. The van der Waals surface area contributed by atoms with Gasteiger partial charge in [0.15, 0.2) is 0 Å². The van der Waals surface area contributed by atoms with Gasteiger partial charge in [-0.3, -0.25) is 4.79 Å². The third kappa shape index (κ3) is 5.27. The molecule has 0 aromatic heterocycles. The first kappa shape index (κ1) is 21.8. The number of carbonyl (C=O) groups excluding carboxylic acids is 1. The van der Waals surface area contributed by atoms with E-state index in [0.717, 1.165) is 37.9 Å². The summed E-state index contributed by atoms with van der Waals surface area (Å²) in [6.45, 7) is 6.95. The van der Waals surface area contributed by atoms with E-state index in [1.807, 2.05) is 0 Å². The zero-order chi connectivity index (χ0) is 21.8. The summed E-state index contributed by atoms with van der Waals surface area (Å²) in [4.78, 5) is 17.1. The molecule has 1 aliphatic carbocycles. The number of benzene rings is 2. The molecule has 3 aliphatic rings. The maximum absolute atomic E-state index is 11.9. The Hall–Kier alpha value is -2.40. The predicted octanol–water partition coefficient (Wildman–Crippen LogP) is 4.34. The van der Waals surface area contributed by atoms with Crippen molar-refractivity contribution in [3.8, 4) is 0 Å². The lowest BCUT2D eigenvalue weighted by atomic mass is 9.92. The van der Waals surface area contributed by atoms with Crippen LogP contribution in [0.1, 0.15) is 49.7 Å². The second kappa shape index (κ2) is 9.82. The Morgan fingerprint density at radius 2 is 1.77 bits per heavy atom. The summed E-state index contributed by atoms with van der Waals surface area (Å²) in [6.07, 6.45) is 5.92. The highest BCUT2D eigenvalue weighted by Crippen LogP contribution is 2.44. The van der Waals surface area contributed by atoms with Crippen LogP contribution in [0.3, 0.4) is 0 Å². The first-order valence-corrected chi connectivity index (χ1v) is 11.7. The van der Waals surface area contributed by atoms with E-state index in [2.05, 4.69) is 34.9 Å². The number of likely N-dealkylation sites (tertiary alicyclic amines) is 1. The number of anilines is 1. The first-order chi connectivity index (χ1) is 15.1. The Balaban J connectivity index is 0.000000282. The van der Waals surface area contributed by atoms with Crippen LogP contribution in [0, 0.1) is 11.7 Å². The highest BCUT2D eigenvalue weighted by molar-refractivity contribution is 5.83. The maximum Gasteiger partial charge on any atom is 0.225 e. The molecular formula is C26H34FN3O. The van der Waals surface area contributed by atoms with Gasteiger partial charge in [0.2, 0.25) is 5.91 Å². The van der Waals surface area contributed by atoms with E-state index in [9.17, 15) is 9.18 Å². The van der Waals surface area contributed by atoms with E-state index in [1.165, 1.54) is 49.3 Å². The van der Waals surface area contributed by atoms with Gasteiger partial charge in [-0.2, -0.15) is 0 Å². The Morgan fingerprint density at radius 1 is 1.06 bits per heavy atom. The van der Waals surface area contributed by atoms with E-state index < -0.39 is 0 Å². The van der Waals surface area contributed by atoms with Crippen LogP contribution >= 0.6 is 0 Å². The van der Waals surface area contributed by atoms with Gasteiger partial charge in [-0.15, -0.1) is 0 Å². The van der Waals surface area contributed by atoms with Crippen molar-refractivity contribution in [3.05, 3.63) is 65.5 Å². The van der Waals surface area contributed by atoms with Crippen LogP contribution in [-0.4, -0.2) is 43.0 Å². The van der Waals surface area contributed by atoms with E-state index >= 15 is 0 Å². The van der Waals surface area contributed by atoms with Gasteiger partial charge in [0.25, 0.3) is 0 Å². The summed E-state index contributed by atoms with van der Waals surface area (Å²) in [7, 11) is 0. The van der Waals surface area contributed by atoms with Crippen LogP contribution in [0.4, 0.5) is 10.1 Å². The smallest absolute Gasteiger partial charge is 0.225 e. The molecule has 2 N–H and O–H groups in total. The monoisotopic (exact) mass is 423 g/mol. The van der Waals surface area contributed by atoms with E-state index in [1.54, 1.807) is 18.2 Å². The normalized spacial score (nSPS) is 20.0. The van der Waals surface area contributed by atoms with Gasteiger partial charge in [0.05, 0.1) is 5.92 Å². The molecule has 1 amide bonds. The van der Waals surface area contributed by atoms with Gasteiger partial charge in [-0.1, -0.05) is 37.3 Å². The molecule has 5 heteroatoms. The first-order valence-electron chi connectivity index (χ1n) is 11.7. The molecule has 1 atom stereocenters. The zero-order valence-electron chi connectivity index (χ0n) is 18.5. The van der Waals surface area contributed by atoms with Crippen molar-refractivity contribution in [1.82, 2.24) is 4.90 Å². The van der Waals surface area contributed by atoms with Crippen molar-refractivity contribution in [1.29, 1.82) is 0 Å². The van der Waals surface area contributed by atoms with E-state index in [0.29, 0.717) is 12.0 Å². The van der Waals surface area contributed by atoms with Crippen LogP contribution in [0.2, 0.25) is 0 Å². The van der Waals surface area contributed by atoms with Crippen LogP contribution in [0.25, 0.3) is 0 Å². The van der Waals surface area contributed by atoms with Crippen molar-refractivity contribution in [2.45, 2.75) is 51.0 Å². The summed E-state index contributed by atoms with van der Waals surface area (Å²) < 4.78 is 11.9. The lowest BCUT2D eigenvalue weighted by Crippen LogP contribution is -2.44. The van der Waals surface area contributed by atoms with Gasteiger partial charge in [-0.25, -0.2) is 4.39 Å². The highest BCUT2D eigenvalue weighted by Gasteiger charge is 2.37. The third-order valence-corrected chi connectivity index (χ3v) is 6.98.